The van der Waals surface area contributed by atoms with Crippen LogP contribution in [0.5, 0.6) is 0 Å². The number of amides is 1. The monoisotopic (exact) mass is 326 g/mol. The van der Waals surface area contributed by atoms with E-state index in [0.29, 0.717) is 17.1 Å². The van der Waals surface area contributed by atoms with E-state index < -0.39 is 0 Å². The van der Waals surface area contributed by atoms with E-state index in [2.05, 4.69) is 17.1 Å². The zero-order valence-electron chi connectivity index (χ0n) is 13.1. The first-order valence-corrected chi connectivity index (χ1v) is 8.42. The lowest BCUT2D eigenvalue weighted by Gasteiger charge is -2.31. The van der Waals surface area contributed by atoms with E-state index in [1.165, 1.54) is 6.07 Å². The number of benzene rings is 1. The Balaban J connectivity index is 1.78. The number of hydrogen-bond acceptors (Lipinski definition) is 2. The van der Waals surface area contributed by atoms with Gasteiger partial charge in [0.1, 0.15) is 5.82 Å². The molecule has 0 radical (unpaired) electrons. The number of carbonyl (C=O) groups is 1. The van der Waals surface area contributed by atoms with Gasteiger partial charge >= 0.3 is 0 Å². The fourth-order valence-corrected chi connectivity index (χ4v) is 2.94. The number of hydrogen-bond donors (Lipinski definition) is 1. The number of halogens is 2. The van der Waals surface area contributed by atoms with E-state index in [0.717, 1.165) is 45.3 Å². The lowest BCUT2D eigenvalue weighted by Crippen LogP contribution is -2.40. The Morgan fingerprint density at radius 3 is 2.77 bits per heavy atom. The van der Waals surface area contributed by atoms with Crippen molar-refractivity contribution in [3.05, 3.63) is 34.6 Å². The Kier molecular flexibility index (Phi) is 6.65. The molecule has 0 spiro atoms. The van der Waals surface area contributed by atoms with E-state index >= 15 is 0 Å². The highest BCUT2D eigenvalue weighted by molar-refractivity contribution is 6.30. The van der Waals surface area contributed by atoms with Crippen LogP contribution >= 0.6 is 11.6 Å². The maximum absolute atomic E-state index is 13.8. The van der Waals surface area contributed by atoms with Crippen molar-refractivity contribution in [2.24, 2.45) is 5.92 Å². The van der Waals surface area contributed by atoms with Gasteiger partial charge in [-0.25, -0.2) is 4.39 Å². The first kappa shape index (κ1) is 17.2. The van der Waals surface area contributed by atoms with Crippen LogP contribution in [0.2, 0.25) is 5.02 Å². The number of piperidine rings is 1. The van der Waals surface area contributed by atoms with Crippen LogP contribution in [0.4, 0.5) is 4.39 Å². The van der Waals surface area contributed by atoms with E-state index in [-0.39, 0.29) is 17.6 Å². The minimum absolute atomic E-state index is 0.100. The van der Waals surface area contributed by atoms with Crippen LogP contribution in [0.25, 0.3) is 0 Å². The number of unbranched alkanes of at least 4 members (excludes halogenated alkanes) is 1. The van der Waals surface area contributed by atoms with Gasteiger partial charge < -0.3 is 5.32 Å². The minimum atomic E-state index is -0.257. The second-order valence-electron chi connectivity index (χ2n) is 5.93. The van der Waals surface area contributed by atoms with Gasteiger partial charge in [0.2, 0.25) is 5.91 Å². The molecule has 1 aromatic carbocycles. The van der Waals surface area contributed by atoms with Crippen LogP contribution in [0.1, 0.15) is 38.2 Å². The summed E-state index contributed by atoms with van der Waals surface area (Å²) in [6, 6.07) is 4.81. The molecule has 0 aliphatic carbocycles. The summed E-state index contributed by atoms with van der Waals surface area (Å²) in [4.78, 5) is 14.2. The molecule has 1 saturated heterocycles. The molecule has 5 heteroatoms. The van der Waals surface area contributed by atoms with Crippen molar-refractivity contribution in [3.63, 3.8) is 0 Å². The second-order valence-corrected chi connectivity index (χ2v) is 6.37. The highest BCUT2D eigenvalue weighted by atomic mass is 35.5. The molecule has 1 amide bonds. The van der Waals surface area contributed by atoms with Crippen molar-refractivity contribution in [3.8, 4) is 0 Å². The lowest BCUT2D eigenvalue weighted by atomic mass is 9.95. The number of nitrogens with one attached hydrogen (secondary N) is 1. The molecule has 1 aliphatic rings. The molecule has 0 bridgehead atoms. The third-order valence-corrected chi connectivity index (χ3v) is 4.43. The molecule has 0 saturated carbocycles. The average Bonchev–Trinajstić information content (AvgIpc) is 2.51. The number of nitrogens with zero attached hydrogens (tertiary/aromatic N) is 1. The summed E-state index contributed by atoms with van der Waals surface area (Å²) in [7, 11) is 0. The lowest BCUT2D eigenvalue weighted by molar-refractivity contribution is -0.126. The molecule has 1 heterocycles. The predicted molar refractivity (Wildman–Crippen MR) is 87.3 cm³/mol. The van der Waals surface area contributed by atoms with Crippen molar-refractivity contribution in [1.82, 2.24) is 10.2 Å². The van der Waals surface area contributed by atoms with Gasteiger partial charge in [-0.2, -0.15) is 0 Å². The Bertz CT molecular complexity index is 501. The van der Waals surface area contributed by atoms with Crippen LogP contribution in [-0.4, -0.2) is 30.4 Å². The van der Waals surface area contributed by atoms with Gasteiger partial charge in [0.05, 0.1) is 0 Å². The highest BCUT2D eigenvalue weighted by Gasteiger charge is 2.25. The Morgan fingerprint density at radius 1 is 1.41 bits per heavy atom. The van der Waals surface area contributed by atoms with E-state index in [4.69, 9.17) is 11.6 Å². The summed E-state index contributed by atoms with van der Waals surface area (Å²) in [5.74, 6) is 0.0147. The third-order valence-electron chi connectivity index (χ3n) is 4.20. The highest BCUT2D eigenvalue weighted by Crippen LogP contribution is 2.21. The fourth-order valence-electron chi connectivity index (χ4n) is 2.78. The molecule has 0 aromatic heterocycles. The van der Waals surface area contributed by atoms with Crippen LogP contribution in [-0.2, 0) is 11.3 Å². The smallest absolute Gasteiger partial charge is 0.223 e. The number of likely N-dealkylation sites (tertiary alicyclic amines) is 1. The quantitative estimate of drug-likeness (QED) is 0.810. The molecular weight excluding hydrogens is 303 g/mol. The van der Waals surface area contributed by atoms with Crippen LogP contribution in [0, 0.1) is 11.7 Å². The van der Waals surface area contributed by atoms with Gasteiger partial charge in [-0.05, 0) is 44.5 Å². The van der Waals surface area contributed by atoms with Gasteiger partial charge in [0.15, 0.2) is 0 Å². The summed E-state index contributed by atoms with van der Waals surface area (Å²) < 4.78 is 13.8. The first-order chi connectivity index (χ1) is 10.6. The van der Waals surface area contributed by atoms with Gasteiger partial charge in [-0.3, -0.25) is 9.69 Å². The fraction of sp³-hybridized carbons (Fsp3) is 0.588. The molecule has 1 fully saturated rings. The van der Waals surface area contributed by atoms with Crippen molar-refractivity contribution in [2.75, 3.05) is 19.6 Å². The molecule has 3 nitrogen and oxygen atoms in total. The number of carbonyl (C=O) groups excluding carboxylic acids is 1. The second kappa shape index (κ2) is 8.49. The number of rotatable bonds is 6. The van der Waals surface area contributed by atoms with Gasteiger partial charge in [0, 0.05) is 29.6 Å². The SMILES string of the molecule is CCCCNC(=O)C1CCN(Cc2ccc(Cl)cc2F)CC1. The van der Waals surface area contributed by atoms with Gasteiger partial charge in [-0.1, -0.05) is 31.0 Å². The van der Waals surface area contributed by atoms with Crippen molar-refractivity contribution < 1.29 is 9.18 Å². The predicted octanol–water partition coefficient (Wildman–Crippen LogP) is 3.61. The van der Waals surface area contributed by atoms with E-state index in [1.807, 2.05) is 0 Å². The Labute approximate surface area is 136 Å². The molecule has 2 rings (SSSR count). The molecule has 22 heavy (non-hydrogen) atoms. The summed E-state index contributed by atoms with van der Waals surface area (Å²) in [6.45, 7) is 5.11. The zero-order chi connectivity index (χ0) is 15.9. The largest absolute Gasteiger partial charge is 0.356 e. The van der Waals surface area contributed by atoms with Crippen LogP contribution in [0.3, 0.4) is 0 Å². The molecule has 122 valence electrons. The third kappa shape index (κ3) is 4.96. The molecule has 1 aromatic rings. The summed E-state index contributed by atoms with van der Waals surface area (Å²) in [5.41, 5.74) is 0.662. The molecule has 0 atom stereocenters. The van der Waals surface area contributed by atoms with Crippen molar-refractivity contribution >= 4 is 17.5 Å². The average molecular weight is 327 g/mol. The molecule has 1 aliphatic heterocycles. The minimum Gasteiger partial charge on any atom is -0.356 e. The maximum atomic E-state index is 13.8. The normalized spacial score (nSPS) is 16.7. The maximum Gasteiger partial charge on any atom is 0.223 e. The van der Waals surface area contributed by atoms with E-state index in [9.17, 15) is 9.18 Å². The molecule has 1 N–H and O–H groups in total. The standard InChI is InChI=1S/C17H24ClFN2O/c1-2-3-8-20-17(22)13-6-9-21(10-7-13)12-14-4-5-15(18)11-16(14)19/h4-5,11,13H,2-3,6-10,12H2,1H3,(H,20,22). The van der Waals surface area contributed by atoms with Gasteiger partial charge in [-0.15, -0.1) is 0 Å². The zero-order valence-corrected chi connectivity index (χ0v) is 13.8. The van der Waals surface area contributed by atoms with Crippen molar-refractivity contribution in [2.45, 2.75) is 39.2 Å². The Hall–Kier alpha value is -1.13. The summed E-state index contributed by atoms with van der Waals surface area (Å²) in [5, 5.41) is 3.42. The van der Waals surface area contributed by atoms with E-state index in [1.54, 1.807) is 12.1 Å². The summed E-state index contributed by atoms with van der Waals surface area (Å²) in [6.07, 6.45) is 3.80. The van der Waals surface area contributed by atoms with Gasteiger partial charge in [0.25, 0.3) is 0 Å². The first-order valence-electron chi connectivity index (χ1n) is 8.04. The van der Waals surface area contributed by atoms with Crippen LogP contribution in [0.15, 0.2) is 18.2 Å². The van der Waals surface area contributed by atoms with Crippen molar-refractivity contribution in [1.29, 1.82) is 0 Å². The summed E-state index contributed by atoms with van der Waals surface area (Å²) >= 11 is 5.77. The van der Waals surface area contributed by atoms with Crippen LogP contribution < -0.4 is 5.32 Å². The molecular formula is C17H24ClFN2O. The topological polar surface area (TPSA) is 32.3 Å². The molecule has 0 unspecified atom stereocenters. The Morgan fingerprint density at radius 2 is 2.14 bits per heavy atom.